The second kappa shape index (κ2) is 11.2. The van der Waals surface area contributed by atoms with Gasteiger partial charge in [0.25, 0.3) is 0 Å². The number of rotatable bonds is 3. The van der Waals surface area contributed by atoms with E-state index in [-0.39, 0.29) is 0 Å². The Morgan fingerprint density at radius 3 is 1.48 bits per heavy atom. The first-order valence-electron chi connectivity index (χ1n) is 18.5. The summed E-state index contributed by atoms with van der Waals surface area (Å²) in [4.78, 5) is 0. The van der Waals surface area contributed by atoms with Crippen molar-refractivity contribution >= 4 is 87.0 Å². The maximum atomic E-state index is 6.84. The zero-order valence-electron chi connectivity index (χ0n) is 29.1. The van der Waals surface area contributed by atoms with Crippen LogP contribution in [-0.4, -0.2) is 0 Å². The molecule has 2 heteroatoms. The summed E-state index contributed by atoms with van der Waals surface area (Å²) in [6.07, 6.45) is 0. The SMILES string of the molecule is c1ccc(-c2c3ccccc3c(-c3ccc4cc(-c5c6oc7ccc8ccccc8c7c6cc6oc7ccccc7c56)ccc4c3)c3ccccc23)cc1. The van der Waals surface area contributed by atoms with Gasteiger partial charge in [-0.3, -0.25) is 0 Å². The van der Waals surface area contributed by atoms with Crippen molar-refractivity contribution in [2.75, 3.05) is 0 Å². The fourth-order valence-corrected chi connectivity index (χ4v) is 9.07. The molecule has 0 aliphatic rings. The Bertz CT molecular complexity index is 3430. The number of benzene rings is 10. The van der Waals surface area contributed by atoms with Gasteiger partial charge in [0.1, 0.15) is 22.3 Å². The molecule has 12 aromatic rings. The fourth-order valence-electron chi connectivity index (χ4n) is 9.07. The zero-order valence-corrected chi connectivity index (χ0v) is 29.1. The molecule has 2 nitrogen and oxygen atoms in total. The molecule has 0 bridgehead atoms. The highest BCUT2D eigenvalue weighted by molar-refractivity contribution is 6.28. The smallest absolute Gasteiger partial charge is 0.144 e. The molecule has 0 aliphatic carbocycles. The lowest BCUT2D eigenvalue weighted by molar-refractivity contribution is 0.665. The molecule has 0 saturated carbocycles. The van der Waals surface area contributed by atoms with Crippen molar-refractivity contribution in [1.29, 1.82) is 0 Å². The van der Waals surface area contributed by atoms with Gasteiger partial charge in [0.15, 0.2) is 0 Å². The van der Waals surface area contributed by atoms with Crippen LogP contribution >= 0.6 is 0 Å². The molecule has 10 aromatic carbocycles. The second-order valence-electron chi connectivity index (χ2n) is 14.3. The van der Waals surface area contributed by atoms with Gasteiger partial charge < -0.3 is 8.83 Å². The molecule has 0 spiro atoms. The van der Waals surface area contributed by atoms with Crippen LogP contribution in [0.15, 0.2) is 191 Å². The molecule has 2 heterocycles. The minimum Gasteiger partial charge on any atom is -0.456 e. The summed E-state index contributed by atoms with van der Waals surface area (Å²) in [7, 11) is 0. The van der Waals surface area contributed by atoms with Crippen molar-refractivity contribution in [1.82, 2.24) is 0 Å². The van der Waals surface area contributed by atoms with Gasteiger partial charge in [-0.2, -0.15) is 0 Å². The summed E-state index contributed by atoms with van der Waals surface area (Å²) >= 11 is 0. The van der Waals surface area contributed by atoms with Gasteiger partial charge in [0.2, 0.25) is 0 Å². The highest BCUT2D eigenvalue weighted by atomic mass is 16.3. The predicted octanol–water partition coefficient (Wildman–Crippen LogP) is 15.1. The first kappa shape index (κ1) is 29.4. The molecule has 0 unspecified atom stereocenters. The Morgan fingerprint density at radius 2 is 0.796 bits per heavy atom. The van der Waals surface area contributed by atoms with Gasteiger partial charge in [0, 0.05) is 27.1 Å². The average molecular weight is 687 g/mol. The van der Waals surface area contributed by atoms with Gasteiger partial charge >= 0.3 is 0 Å². The van der Waals surface area contributed by atoms with Gasteiger partial charge in [-0.15, -0.1) is 0 Å². The summed E-state index contributed by atoms with van der Waals surface area (Å²) in [5.41, 5.74) is 10.6. The summed E-state index contributed by atoms with van der Waals surface area (Å²) in [6.45, 7) is 0. The van der Waals surface area contributed by atoms with Gasteiger partial charge in [-0.1, -0.05) is 152 Å². The fraction of sp³-hybridized carbons (Fsp3) is 0. The molecule has 0 radical (unpaired) electrons. The van der Waals surface area contributed by atoms with Crippen LogP contribution in [0.1, 0.15) is 0 Å². The van der Waals surface area contributed by atoms with E-state index in [1.807, 2.05) is 6.07 Å². The van der Waals surface area contributed by atoms with E-state index >= 15 is 0 Å². The van der Waals surface area contributed by atoms with Crippen LogP contribution in [0.3, 0.4) is 0 Å². The highest BCUT2D eigenvalue weighted by Crippen LogP contribution is 2.48. The van der Waals surface area contributed by atoms with Crippen molar-refractivity contribution in [2.45, 2.75) is 0 Å². The molecular weight excluding hydrogens is 657 g/mol. The van der Waals surface area contributed by atoms with E-state index in [2.05, 4.69) is 176 Å². The highest BCUT2D eigenvalue weighted by Gasteiger charge is 2.23. The van der Waals surface area contributed by atoms with Crippen molar-refractivity contribution in [2.24, 2.45) is 0 Å². The van der Waals surface area contributed by atoms with Gasteiger partial charge in [-0.05, 0) is 101 Å². The number of para-hydroxylation sites is 1. The normalized spacial score (nSPS) is 12.1. The molecular formula is C52H30O2. The molecule has 0 fully saturated rings. The Kier molecular flexibility index (Phi) is 6.09. The lowest BCUT2D eigenvalue weighted by Gasteiger charge is -2.18. The van der Waals surface area contributed by atoms with Crippen LogP contribution in [0.4, 0.5) is 0 Å². The summed E-state index contributed by atoms with van der Waals surface area (Å²) in [5, 5.41) is 14.1. The molecule has 0 atom stereocenters. The Morgan fingerprint density at radius 1 is 0.259 bits per heavy atom. The average Bonchev–Trinajstić information content (AvgIpc) is 3.80. The van der Waals surface area contributed by atoms with E-state index < -0.39 is 0 Å². The quantitative estimate of drug-likeness (QED) is 0.173. The molecule has 0 saturated heterocycles. The minimum atomic E-state index is 0.863. The molecule has 2 aromatic heterocycles. The standard InChI is InChI=1S/C52H30O2/c1-2-13-32(14-3-1)47-38-16-6-8-18-40(38)48(41-19-9-7-17-39(41)47)35-24-22-34-29-36(25-23-33(34)28-35)49-51-42-20-10-11-21-44(42)53-46(51)30-43-50-37-15-5-4-12-31(37)26-27-45(50)54-52(43)49/h1-30H. The van der Waals surface area contributed by atoms with E-state index in [1.54, 1.807) is 0 Å². The van der Waals surface area contributed by atoms with Crippen molar-refractivity contribution in [3.63, 3.8) is 0 Å². The van der Waals surface area contributed by atoms with Crippen molar-refractivity contribution < 1.29 is 8.83 Å². The number of hydrogen-bond acceptors (Lipinski definition) is 2. The van der Waals surface area contributed by atoms with E-state index in [9.17, 15) is 0 Å². The van der Waals surface area contributed by atoms with Crippen LogP contribution in [0.2, 0.25) is 0 Å². The number of fused-ring (bicyclic) bond motifs is 11. The van der Waals surface area contributed by atoms with E-state index in [1.165, 1.54) is 65.3 Å². The summed E-state index contributed by atoms with van der Waals surface area (Å²) < 4.78 is 13.4. The number of furan rings is 2. The molecule has 250 valence electrons. The minimum absolute atomic E-state index is 0.863. The Balaban J connectivity index is 1.10. The molecule has 0 aliphatic heterocycles. The molecule has 54 heavy (non-hydrogen) atoms. The number of hydrogen-bond donors (Lipinski definition) is 0. The third-order valence-electron chi connectivity index (χ3n) is 11.4. The molecule has 12 rings (SSSR count). The maximum absolute atomic E-state index is 6.84. The van der Waals surface area contributed by atoms with E-state index in [0.29, 0.717) is 0 Å². The van der Waals surface area contributed by atoms with Crippen molar-refractivity contribution in [3.8, 4) is 33.4 Å². The van der Waals surface area contributed by atoms with Gasteiger partial charge in [0.05, 0.1) is 0 Å². The lowest BCUT2D eigenvalue weighted by Crippen LogP contribution is -1.91. The zero-order chi connectivity index (χ0) is 35.3. The summed E-state index contributed by atoms with van der Waals surface area (Å²) in [6, 6.07) is 65.5. The van der Waals surface area contributed by atoms with Crippen LogP contribution in [-0.2, 0) is 0 Å². The first-order valence-corrected chi connectivity index (χ1v) is 18.5. The lowest BCUT2D eigenvalue weighted by atomic mass is 9.85. The predicted molar refractivity (Wildman–Crippen MR) is 227 cm³/mol. The van der Waals surface area contributed by atoms with Crippen LogP contribution < -0.4 is 0 Å². The third kappa shape index (κ3) is 4.17. The maximum Gasteiger partial charge on any atom is 0.144 e. The van der Waals surface area contributed by atoms with Crippen LogP contribution in [0.5, 0.6) is 0 Å². The topological polar surface area (TPSA) is 26.3 Å². The van der Waals surface area contributed by atoms with Gasteiger partial charge in [-0.25, -0.2) is 0 Å². The van der Waals surface area contributed by atoms with E-state index in [4.69, 9.17) is 8.83 Å². The largest absolute Gasteiger partial charge is 0.456 e. The Labute approximate surface area is 310 Å². The molecule has 0 N–H and O–H groups in total. The first-order chi connectivity index (χ1) is 26.8. The van der Waals surface area contributed by atoms with Crippen LogP contribution in [0.25, 0.3) is 120 Å². The third-order valence-corrected chi connectivity index (χ3v) is 11.4. The Hall–Kier alpha value is -7.16. The van der Waals surface area contributed by atoms with Crippen LogP contribution in [0, 0.1) is 0 Å². The summed E-state index contributed by atoms with van der Waals surface area (Å²) in [5.74, 6) is 0. The molecule has 0 amide bonds. The second-order valence-corrected chi connectivity index (χ2v) is 14.3. The monoisotopic (exact) mass is 686 g/mol. The van der Waals surface area contributed by atoms with Crippen molar-refractivity contribution in [3.05, 3.63) is 182 Å². The van der Waals surface area contributed by atoms with E-state index in [0.717, 1.165) is 55.0 Å².